The van der Waals surface area contributed by atoms with Crippen LogP contribution in [0.1, 0.15) is 23.0 Å². The van der Waals surface area contributed by atoms with Gasteiger partial charge in [-0.2, -0.15) is 0 Å². The molecule has 3 amide bonds. The zero-order chi connectivity index (χ0) is 19.0. The molecule has 27 heavy (non-hydrogen) atoms. The van der Waals surface area contributed by atoms with E-state index in [4.69, 9.17) is 0 Å². The lowest BCUT2D eigenvalue weighted by Crippen LogP contribution is -2.67. The summed E-state index contributed by atoms with van der Waals surface area (Å²) in [5.41, 5.74) is 0.288. The molecule has 1 spiro atoms. The number of carbonyl (C=O) groups is 3. The molecular formula is C20H21N3O3S. The maximum Gasteiger partial charge on any atom is 0.264 e. The minimum absolute atomic E-state index is 0.00598. The number of rotatable bonds is 2. The molecule has 2 aliphatic heterocycles. The van der Waals surface area contributed by atoms with Crippen molar-refractivity contribution in [3.05, 3.63) is 52.7 Å². The Kier molecular flexibility index (Phi) is 4.47. The minimum atomic E-state index is -0.539. The molecule has 140 valence electrons. The molecule has 0 bridgehead atoms. The zero-order valence-electron chi connectivity index (χ0n) is 15.1. The first-order chi connectivity index (χ1) is 13.0. The van der Waals surface area contributed by atoms with Crippen molar-refractivity contribution in [2.24, 2.45) is 0 Å². The van der Waals surface area contributed by atoms with Crippen molar-refractivity contribution in [3.63, 3.8) is 0 Å². The number of para-hydroxylation sites is 1. The summed E-state index contributed by atoms with van der Waals surface area (Å²) < 4.78 is 0. The van der Waals surface area contributed by atoms with Gasteiger partial charge in [0.25, 0.3) is 5.91 Å². The van der Waals surface area contributed by atoms with Crippen molar-refractivity contribution in [2.75, 3.05) is 31.1 Å². The molecule has 3 heterocycles. The van der Waals surface area contributed by atoms with Gasteiger partial charge in [-0.1, -0.05) is 24.3 Å². The van der Waals surface area contributed by atoms with Crippen LogP contribution in [0.5, 0.6) is 0 Å². The predicted octanol–water partition coefficient (Wildman–Crippen LogP) is 2.23. The Balaban J connectivity index is 1.63. The molecule has 0 unspecified atom stereocenters. The van der Waals surface area contributed by atoms with Crippen molar-refractivity contribution in [1.82, 2.24) is 9.80 Å². The van der Waals surface area contributed by atoms with Crippen molar-refractivity contribution < 1.29 is 14.4 Å². The van der Waals surface area contributed by atoms with Gasteiger partial charge >= 0.3 is 0 Å². The molecule has 7 heteroatoms. The second kappa shape index (κ2) is 6.81. The summed E-state index contributed by atoms with van der Waals surface area (Å²) in [6.07, 6.45) is 0.667. The quantitative estimate of drug-likeness (QED) is 0.799. The monoisotopic (exact) mass is 383 g/mol. The van der Waals surface area contributed by atoms with E-state index in [9.17, 15) is 14.4 Å². The maximum absolute atomic E-state index is 12.8. The number of hydrogen-bond acceptors (Lipinski definition) is 4. The van der Waals surface area contributed by atoms with Crippen LogP contribution in [0.25, 0.3) is 0 Å². The number of piperazine rings is 1. The highest BCUT2D eigenvalue weighted by Crippen LogP contribution is 2.35. The van der Waals surface area contributed by atoms with Gasteiger partial charge in [0.05, 0.1) is 17.0 Å². The van der Waals surface area contributed by atoms with E-state index in [1.807, 2.05) is 47.8 Å². The van der Waals surface area contributed by atoms with Crippen LogP contribution in [0, 0.1) is 0 Å². The fourth-order valence-electron chi connectivity index (χ4n) is 4.08. The minimum Gasteiger partial charge on any atom is -0.335 e. The Hall–Kier alpha value is -2.67. The highest BCUT2D eigenvalue weighted by Gasteiger charge is 2.51. The van der Waals surface area contributed by atoms with Gasteiger partial charge in [-0.3, -0.25) is 14.4 Å². The molecule has 0 saturated carbocycles. The summed E-state index contributed by atoms with van der Waals surface area (Å²) in [5, 5.41) is 1.89. The fraction of sp³-hybridized carbons (Fsp3) is 0.350. The lowest BCUT2D eigenvalue weighted by atomic mass is 9.91. The van der Waals surface area contributed by atoms with Gasteiger partial charge in [0, 0.05) is 25.7 Å². The summed E-state index contributed by atoms with van der Waals surface area (Å²) in [4.78, 5) is 43.7. The third-order valence-corrected chi connectivity index (χ3v) is 6.28. The number of thiophene rings is 1. The van der Waals surface area contributed by atoms with Gasteiger partial charge in [0.15, 0.2) is 0 Å². The van der Waals surface area contributed by atoms with Gasteiger partial charge in [-0.05, 0) is 30.0 Å². The van der Waals surface area contributed by atoms with E-state index in [-0.39, 0.29) is 24.3 Å². The second-order valence-corrected chi connectivity index (χ2v) is 8.05. The van der Waals surface area contributed by atoms with Crippen molar-refractivity contribution >= 4 is 34.7 Å². The Morgan fingerprint density at radius 2 is 1.85 bits per heavy atom. The van der Waals surface area contributed by atoms with Crippen molar-refractivity contribution in [2.45, 2.75) is 18.9 Å². The van der Waals surface area contributed by atoms with Crippen LogP contribution in [0.15, 0.2) is 47.8 Å². The average molecular weight is 383 g/mol. The van der Waals surface area contributed by atoms with Crippen LogP contribution in [0.2, 0.25) is 0 Å². The van der Waals surface area contributed by atoms with E-state index in [1.54, 1.807) is 14.7 Å². The third-order valence-electron chi connectivity index (χ3n) is 5.42. The van der Waals surface area contributed by atoms with Crippen LogP contribution in [-0.4, -0.2) is 59.2 Å². The summed E-state index contributed by atoms with van der Waals surface area (Å²) >= 11 is 1.42. The molecule has 0 N–H and O–H groups in total. The normalized spacial score (nSPS) is 22.6. The highest BCUT2D eigenvalue weighted by molar-refractivity contribution is 7.12. The number of carbonyl (C=O) groups excluding carboxylic acids is 3. The first-order valence-corrected chi connectivity index (χ1v) is 9.85. The molecule has 2 saturated heterocycles. The molecule has 1 aromatic carbocycles. The molecule has 4 rings (SSSR count). The standard InChI is InChI=1S/C20H21N3O3S/c1-15(24)23-12-18(25)22(16-6-3-2-4-7-16)14-20(23)9-10-21(13-20)19(26)17-8-5-11-27-17/h2-8,11H,9-10,12-14H2,1H3/t20-/m1/s1. The smallest absolute Gasteiger partial charge is 0.264 e. The number of nitrogens with zero attached hydrogens (tertiary/aromatic N) is 3. The number of likely N-dealkylation sites (tertiary alicyclic amines) is 1. The van der Waals surface area contributed by atoms with Gasteiger partial charge in [0.2, 0.25) is 11.8 Å². The number of amides is 3. The lowest BCUT2D eigenvalue weighted by molar-refractivity contribution is -0.142. The fourth-order valence-corrected chi connectivity index (χ4v) is 4.77. The average Bonchev–Trinajstić information content (AvgIpc) is 3.34. The summed E-state index contributed by atoms with van der Waals surface area (Å²) in [6.45, 7) is 2.98. The SMILES string of the molecule is CC(=O)N1CC(=O)N(c2ccccc2)C[C@]12CCN(C(=O)c1cccs1)C2. The topological polar surface area (TPSA) is 60.9 Å². The van der Waals surface area contributed by atoms with E-state index >= 15 is 0 Å². The lowest BCUT2D eigenvalue weighted by Gasteiger charge is -2.48. The molecule has 1 atom stereocenters. The third kappa shape index (κ3) is 3.12. The zero-order valence-corrected chi connectivity index (χ0v) is 15.9. The molecule has 0 radical (unpaired) electrons. The van der Waals surface area contributed by atoms with Crippen LogP contribution in [0.3, 0.4) is 0 Å². The molecule has 2 aromatic rings. The predicted molar refractivity (Wildman–Crippen MR) is 104 cm³/mol. The molecule has 0 aliphatic carbocycles. The number of benzene rings is 1. The van der Waals surface area contributed by atoms with Gasteiger partial charge in [0.1, 0.15) is 6.54 Å². The Labute approximate surface area is 162 Å². The van der Waals surface area contributed by atoms with Crippen LogP contribution in [-0.2, 0) is 9.59 Å². The molecule has 6 nitrogen and oxygen atoms in total. The first-order valence-electron chi connectivity index (χ1n) is 8.97. The Morgan fingerprint density at radius 1 is 1.07 bits per heavy atom. The summed E-state index contributed by atoms with van der Waals surface area (Å²) in [5.74, 6) is -0.222. The molecular weight excluding hydrogens is 362 g/mol. The van der Waals surface area contributed by atoms with Crippen LogP contribution >= 0.6 is 11.3 Å². The molecule has 2 fully saturated rings. The molecule has 2 aliphatic rings. The van der Waals surface area contributed by atoms with Gasteiger partial charge in [-0.25, -0.2) is 0 Å². The number of anilines is 1. The summed E-state index contributed by atoms with van der Waals surface area (Å²) in [6, 6.07) is 13.2. The first kappa shape index (κ1) is 17.7. The van der Waals surface area contributed by atoms with E-state index in [0.717, 1.165) is 5.69 Å². The van der Waals surface area contributed by atoms with Crippen molar-refractivity contribution in [1.29, 1.82) is 0 Å². The van der Waals surface area contributed by atoms with E-state index < -0.39 is 5.54 Å². The van der Waals surface area contributed by atoms with Crippen LogP contribution < -0.4 is 4.90 Å². The highest BCUT2D eigenvalue weighted by atomic mass is 32.1. The molecule has 1 aromatic heterocycles. The van der Waals surface area contributed by atoms with E-state index in [0.29, 0.717) is 30.9 Å². The van der Waals surface area contributed by atoms with Crippen LogP contribution in [0.4, 0.5) is 5.69 Å². The van der Waals surface area contributed by atoms with E-state index in [1.165, 1.54) is 18.3 Å². The van der Waals surface area contributed by atoms with Gasteiger partial charge in [-0.15, -0.1) is 11.3 Å². The Morgan fingerprint density at radius 3 is 2.52 bits per heavy atom. The summed E-state index contributed by atoms with van der Waals surface area (Å²) in [7, 11) is 0. The van der Waals surface area contributed by atoms with E-state index in [2.05, 4.69) is 0 Å². The van der Waals surface area contributed by atoms with Crippen molar-refractivity contribution in [3.8, 4) is 0 Å². The number of hydrogen-bond donors (Lipinski definition) is 0. The maximum atomic E-state index is 12.8. The van der Waals surface area contributed by atoms with Gasteiger partial charge < -0.3 is 14.7 Å². The second-order valence-electron chi connectivity index (χ2n) is 7.10. The largest absolute Gasteiger partial charge is 0.335 e. The Bertz CT molecular complexity index is 868.